The number of nitriles is 1. The Morgan fingerprint density at radius 1 is 1.35 bits per heavy atom. The summed E-state index contributed by atoms with van der Waals surface area (Å²) in [5.41, 5.74) is 1.07. The largest absolute Gasteiger partial charge is 0.352 e. The van der Waals surface area contributed by atoms with Gasteiger partial charge in [-0.3, -0.25) is 4.79 Å². The lowest BCUT2D eigenvalue weighted by atomic mass is 10.1. The Morgan fingerprint density at radius 3 is 2.88 bits per heavy atom. The van der Waals surface area contributed by atoms with Crippen LogP contribution in [0.4, 0.5) is 0 Å². The molecule has 0 spiro atoms. The molecule has 1 aromatic rings. The van der Waals surface area contributed by atoms with Crippen molar-refractivity contribution in [2.45, 2.75) is 32.6 Å². The molecule has 1 N–H and O–H groups in total. The summed E-state index contributed by atoms with van der Waals surface area (Å²) in [5.74, 6) is -0.0985. The molecular weight excluding hydrogens is 212 g/mol. The number of amides is 1. The van der Waals surface area contributed by atoms with Crippen molar-refractivity contribution in [3.8, 4) is 6.07 Å². The number of benzene rings is 1. The van der Waals surface area contributed by atoms with Gasteiger partial charge in [-0.15, -0.1) is 0 Å². The van der Waals surface area contributed by atoms with Crippen molar-refractivity contribution < 1.29 is 4.79 Å². The maximum Gasteiger partial charge on any atom is 0.251 e. The lowest BCUT2D eigenvalue weighted by molar-refractivity contribution is 0.0953. The average molecular weight is 230 g/mol. The highest BCUT2D eigenvalue weighted by molar-refractivity contribution is 5.94. The molecule has 1 aromatic carbocycles. The molecule has 3 heteroatoms. The Bertz CT molecular complexity index is 407. The number of hydrogen-bond donors (Lipinski definition) is 1. The van der Waals surface area contributed by atoms with E-state index in [1.807, 2.05) is 6.07 Å². The minimum absolute atomic E-state index is 0.0985. The van der Waals surface area contributed by atoms with Crippen LogP contribution in [0.1, 0.15) is 48.5 Å². The summed E-state index contributed by atoms with van der Waals surface area (Å²) < 4.78 is 0. The Labute approximate surface area is 102 Å². The molecule has 0 radical (unpaired) electrons. The van der Waals surface area contributed by atoms with Crippen molar-refractivity contribution in [2.24, 2.45) is 0 Å². The monoisotopic (exact) mass is 230 g/mol. The number of hydrogen-bond acceptors (Lipinski definition) is 2. The van der Waals surface area contributed by atoms with E-state index in [1.54, 1.807) is 24.3 Å². The molecule has 0 aliphatic carbocycles. The summed E-state index contributed by atoms with van der Waals surface area (Å²) in [6, 6.07) is 8.78. The van der Waals surface area contributed by atoms with Crippen LogP contribution in [0.5, 0.6) is 0 Å². The van der Waals surface area contributed by atoms with Gasteiger partial charge in [0.1, 0.15) is 0 Å². The zero-order chi connectivity index (χ0) is 12.5. The number of unbranched alkanes of at least 4 members (excludes halogenated alkanes) is 3. The van der Waals surface area contributed by atoms with Gasteiger partial charge in [0, 0.05) is 12.1 Å². The summed E-state index contributed by atoms with van der Waals surface area (Å²) in [6.07, 6.45) is 4.56. The first kappa shape index (κ1) is 13.2. The van der Waals surface area contributed by atoms with E-state index >= 15 is 0 Å². The van der Waals surface area contributed by atoms with Crippen LogP contribution in [0.2, 0.25) is 0 Å². The van der Waals surface area contributed by atoms with Gasteiger partial charge in [0.15, 0.2) is 0 Å². The normalized spacial score (nSPS) is 9.65. The molecule has 3 nitrogen and oxygen atoms in total. The highest BCUT2D eigenvalue weighted by Gasteiger charge is 2.04. The fourth-order valence-corrected chi connectivity index (χ4v) is 1.59. The van der Waals surface area contributed by atoms with Crippen molar-refractivity contribution >= 4 is 5.91 Å². The average Bonchev–Trinajstić information content (AvgIpc) is 2.38. The highest BCUT2D eigenvalue weighted by Crippen LogP contribution is 2.04. The first-order valence-corrected chi connectivity index (χ1v) is 6.06. The smallest absolute Gasteiger partial charge is 0.251 e. The van der Waals surface area contributed by atoms with Crippen LogP contribution in [0.25, 0.3) is 0 Å². The molecule has 1 rings (SSSR count). The molecule has 90 valence electrons. The van der Waals surface area contributed by atoms with E-state index in [1.165, 1.54) is 12.8 Å². The van der Waals surface area contributed by atoms with Gasteiger partial charge in [-0.1, -0.05) is 32.3 Å². The molecule has 0 unspecified atom stereocenters. The third kappa shape index (κ3) is 4.69. The predicted octanol–water partition coefficient (Wildman–Crippen LogP) is 2.87. The fourth-order valence-electron chi connectivity index (χ4n) is 1.59. The predicted molar refractivity (Wildman–Crippen MR) is 67.6 cm³/mol. The molecule has 0 saturated heterocycles. The van der Waals surface area contributed by atoms with Crippen molar-refractivity contribution in [1.29, 1.82) is 5.26 Å². The molecule has 0 heterocycles. The first-order chi connectivity index (χ1) is 8.27. The SMILES string of the molecule is CCCCCCNC(=O)c1cccc(C#N)c1. The summed E-state index contributed by atoms with van der Waals surface area (Å²) in [6.45, 7) is 2.86. The van der Waals surface area contributed by atoms with Crippen LogP contribution in [-0.2, 0) is 0 Å². The van der Waals surface area contributed by atoms with Crippen LogP contribution in [0.3, 0.4) is 0 Å². The quantitative estimate of drug-likeness (QED) is 0.764. The highest BCUT2D eigenvalue weighted by atomic mass is 16.1. The summed E-state index contributed by atoms with van der Waals surface area (Å²) in [4.78, 5) is 11.7. The van der Waals surface area contributed by atoms with Gasteiger partial charge in [0.2, 0.25) is 0 Å². The number of nitrogens with zero attached hydrogens (tertiary/aromatic N) is 1. The van der Waals surface area contributed by atoms with E-state index in [9.17, 15) is 4.79 Å². The van der Waals surface area contributed by atoms with Crippen LogP contribution < -0.4 is 5.32 Å². The van der Waals surface area contributed by atoms with Crippen LogP contribution >= 0.6 is 0 Å². The summed E-state index contributed by atoms with van der Waals surface area (Å²) >= 11 is 0. The number of carbonyl (C=O) groups is 1. The number of nitrogens with one attached hydrogen (secondary N) is 1. The Kier molecular flexibility index (Phi) is 5.81. The second kappa shape index (κ2) is 7.45. The maximum absolute atomic E-state index is 11.7. The van der Waals surface area contributed by atoms with E-state index in [-0.39, 0.29) is 5.91 Å². The molecule has 0 saturated carbocycles. The molecule has 0 aromatic heterocycles. The van der Waals surface area contributed by atoms with Crippen molar-refractivity contribution in [3.05, 3.63) is 35.4 Å². The molecule has 0 atom stereocenters. The van der Waals surface area contributed by atoms with E-state index < -0.39 is 0 Å². The van der Waals surface area contributed by atoms with Crippen LogP contribution in [0.15, 0.2) is 24.3 Å². The fraction of sp³-hybridized carbons (Fsp3) is 0.429. The van der Waals surface area contributed by atoms with Crippen molar-refractivity contribution in [3.63, 3.8) is 0 Å². The third-order valence-electron chi connectivity index (χ3n) is 2.57. The topological polar surface area (TPSA) is 52.9 Å². The minimum atomic E-state index is -0.0985. The van der Waals surface area contributed by atoms with Crippen LogP contribution in [-0.4, -0.2) is 12.5 Å². The maximum atomic E-state index is 11.7. The summed E-state index contributed by atoms with van der Waals surface area (Å²) in [7, 11) is 0. The van der Waals surface area contributed by atoms with Gasteiger partial charge in [0.25, 0.3) is 5.91 Å². The zero-order valence-corrected chi connectivity index (χ0v) is 10.2. The van der Waals surface area contributed by atoms with Crippen molar-refractivity contribution in [1.82, 2.24) is 5.32 Å². The van der Waals surface area contributed by atoms with E-state index in [4.69, 9.17) is 5.26 Å². The second-order valence-corrected chi connectivity index (χ2v) is 4.01. The number of rotatable bonds is 6. The van der Waals surface area contributed by atoms with Gasteiger partial charge < -0.3 is 5.32 Å². The van der Waals surface area contributed by atoms with Gasteiger partial charge in [-0.05, 0) is 24.6 Å². The lowest BCUT2D eigenvalue weighted by Crippen LogP contribution is -2.24. The molecule has 17 heavy (non-hydrogen) atoms. The second-order valence-electron chi connectivity index (χ2n) is 4.01. The van der Waals surface area contributed by atoms with E-state index in [0.717, 1.165) is 12.8 Å². The molecule has 1 amide bonds. The third-order valence-corrected chi connectivity index (χ3v) is 2.57. The Morgan fingerprint density at radius 2 is 2.18 bits per heavy atom. The standard InChI is InChI=1S/C14H18N2O/c1-2-3-4-5-9-16-14(17)13-8-6-7-12(10-13)11-15/h6-8,10H,2-5,9H2,1H3,(H,16,17). The Balaban J connectivity index is 2.39. The van der Waals surface area contributed by atoms with Gasteiger partial charge in [-0.2, -0.15) is 5.26 Å². The van der Waals surface area contributed by atoms with Gasteiger partial charge in [0.05, 0.1) is 11.6 Å². The molecule has 0 bridgehead atoms. The van der Waals surface area contributed by atoms with E-state index in [0.29, 0.717) is 17.7 Å². The van der Waals surface area contributed by atoms with Gasteiger partial charge in [-0.25, -0.2) is 0 Å². The molecule has 0 aliphatic heterocycles. The van der Waals surface area contributed by atoms with E-state index in [2.05, 4.69) is 12.2 Å². The van der Waals surface area contributed by atoms with Crippen LogP contribution in [0, 0.1) is 11.3 Å². The first-order valence-electron chi connectivity index (χ1n) is 6.06. The van der Waals surface area contributed by atoms with Gasteiger partial charge >= 0.3 is 0 Å². The zero-order valence-electron chi connectivity index (χ0n) is 10.2. The molecule has 0 fully saturated rings. The molecular formula is C14H18N2O. The minimum Gasteiger partial charge on any atom is -0.352 e. The van der Waals surface area contributed by atoms with Crippen molar-refractivity contribution in [2.75, 3.05) is 6.54 Å². The summed E-state index contributed by atoms with van der Waals surface area (Å²) in [5, 5.41) is 11.6. The lowest BCUT2D eigenvalue weighted by Gasteiger charge is -2.05. The Hall–Kier alpha value is -1.82. The molecule has 0 aliphatic rings. The number of carbonyl (C=O) groups excluding carboxylic acids is 1.